The lowest BCUT2D eigenvalue weighted by molar-refractivity contribution is 0.0188. The molecule has 0 bridgehead atoms. The van der Waals surface area contributed by atoms with Gasteiger partial charge in [-0.05, 0) is 31.2 Å². The van der Waals surface area contributed by atoms with Crippen molar-refractivity contribution in [1.82, 2.24) is 14.5 Å². The fraction of sp³-hybridized carbons (Fsp3) is 0.667. The van der Waals surface area contributed by atoms with E-state index in [2.05, 4.69) is 4.90 Å². The van der Waals surface area contributed by atoms with E-state index < -0.39 is 6.10 Å². The lowest BCUT2D eigenvalue weighted by Gasteiger charge is -2.28. The monoisotopic (exact) mass is 395 g/mol. The molecule has 2 aliphatic rings. The molecule has 0 unspecified atom stereocenters. The van der Waals surface area contributed by atoms with Gasteiger partial charge >= 0.3 is 0 Å². The van der Waals surface area contributed by atoms with Crippen molar-refractivity contribution in [3.63, 3.8) is 0 Å². The van der Waals surface area contributed by atoms with E-state index in [1.807, 2.05) is 0 Å². The molecule has 1 N–H and O–H groups in total. The second kappa shape index (κ2) is 7.98. The van der Waals surface area contributed by atoms with Crippen molar-refractivity contribution in [2.24, 2.45) is 7.05 Å². The van der Waals surface area contributed by atoms with Gasteiger partial charge in [0.05, 0.1) is 24.7 Å². The maximum atomic E-state index is 12.9. The number of thiophene rings is 1. The van der Waals surface area contributed by atoms with Gasteiger partial charge in [0.25, 0.3) is 5.56 Å². The Labute approximate surface area is 161 Å². The number of morpholine rings is 1. The van der Waals surface area contributed by atoms with Crippen LogP contribution in [0.4, 0.5) is 0 Å². The van der Waals surface area contributed by atoms with E-state index in [1.165, 1.54) is 28.6 Å². The van der Waals surface area contributed by atoms with E-state index in [4.69, 9.17) is 9.72 Å². The minimum atomic E-state index is -0.442. The molecule has 6 nitrogen and oxygen atoms in total. The molecular formula is C18H25N3O3S2. The lowest BCUT2D eigenvalue weighted by Crippen LogP contribution is -2.41. The van der Waals surface area contributed by atoms with Crippen molar-refractivity contribution in [1.29, 1.82) is 0 Å². The summed E-state index contributed by atoms with van der Waals surface area (Å²) in [6.45, 7) is 3.83. The average Bonchev–Trinajstić information content (AvgIpc) is 3.02. The first kappa shape index (κ1) is 18.4. The zero-order valence-electron chi connectivity index (χ0n) is 15.1. The van der Waals surface area contributed by atoms with Crippen LogP contribution in [0.15, 0.2) is 9.95 Å². The first-order valence-electron chi connectivity index (χ1n) is 9.25. The van der Waals surface area contributed by atoms with Crippen molar-refractivity contribution in [2.75, 3.05) is 38.6 Å². The Balaban J connectivity index is 1.49. The molecule has 4 rings (SSSR count). The molecule has 0 aromatic carbocycles. The SMILES string of the molecule is Cn1c(SC[C@@H](O)CN2CCOCC2)nc2sc3c(c2c1=O)CCCC3. The van der Waals surface area contributed by atoms with Gasteiger partial charge in [0, 0.05) is 37.3 Å². The van der Waals surface area contributed by atoms with Gasteiger partial charge in [-0.3, -0.25) is 14.3 Å². The van der Waals surface area contributed by atoms with Crippen LogP contribution >= 0.6 is 23.1 Å². The van der Waals surface area contributed by atoms with Gasteiger partial charge in [0.1, 0.15) is 4.83 Å². The number of aryl methyl sites for hydroxylation is 2. The third kappa shape index (κ3) is 3.71. The predicted molar refractivity (Wildman–Crippen MR) is 105 cm³/mol. The highest BCUT2D eigenvalue weighted by Gasteiger charge is 2.22. The fourth-order valence-corrected chi connectivity index (χ4v) is 5.89. The molecule has 0 radical (unpaired) electrons. The summed E-state index contributed by atoms with van der Waals surface area (Å²) in [5.41, 5.74) is 1.29. The zero-order valence-corrected chi connectivity index (χ0v) is 16.7. The number of nitrogens with zero attached hydrogens (tertiary/aromatic N) is 3. The highest BCUT2D eigenvalue weighted by atomic mass is 32.2. The average molecular weight is 396 g/mol. The van der Waals surface area contributed by atoms with Crippen LogP contribution in [0.3, 0.4) is 0 Å². The molecule has 1 aliphatic carbocycles. The molecule has 1 fully saturated rings. The Morgan fingerprint density at radius 3 is 2.88 bits per heavy atom. The molecular weight excluding hydrogens is 370 g/mol. The van der Waals surface area contributed by atoms with Crippen LogP contribution < -0.4 is 5.56 Å². The highest BCUT2D eigenvalue weighted by Crippen LogP contribution is 2.34. The summed E-state index contributed by atoms with van der Waals surface area (Å²) in [6.07, 6.45) is 3.99. The van der Waals surface area contributed by atoms with Crippen LogP contribution in [0.2, 0.25) is 0 Å². The summed E-state index contributed by atoms with van der Waals surface area (Å²) in [5, 5.41) is 11.9. The van der Waals surface area contributed by atoms with Crippen molar-refractivity contribution in [2.45, 2.75) is 36.9 Å². The molecule has 26 heavy (non-hydrogen) atoms. The maximum absolute atomic E-state index is 12.9. The summed E-state index contributed by atoms with van der Waals surface area (Å²) in [5.74, 6) is 0.536. The number of β-amino-alcohol motifs (C(OH)–C–C–N with tert-alkyl or cyclic N) is 1. The topological polar surface area (TPSA) is 67.6 Å². The molecule has 142 valence electrons. The number of rotatable bonds is 5. The molecule has 0 spiro atoms. The van der Waals surface area contributed by atoms with E-state index in [0.717, 1.165) is 55.8 Å². The van der Waals surface area contributed by atoms with Gasteiger partial charge in [0.15, 0.2) is 5.16 Å². The summed E-state index contributed by atoms with van der Waals surface area (Å²) < 4.78 is 6.99. The predicted octanol–water partition coefficient (Wildman–Crippen LogP) is 1.66. The van der Waals surface area contributed by atoms with Crippen LogP contribution in [0.1, 0.15) is 23.3 Å². The summed E-state index contributed by atoms with van der Waals surface area (Å²) in [6, 6.07) is 0. The number of fused-ring (bicyclic) bond motifs is 3. The van der Waals surface area contributed by atoms with Crippen LogP contribution in [0.5, 0.6) is 0 Å². The Kier molecular flexibility index (Phi) is 5.66. The summed E-state index contributed by atoms with van der Waals surface area (Å²) in [7, 11) is 1.79. The molecule has 1 atom stereocenters. The Morgan fingerprint density at radius 1 is 1.31 bits per heavy atom. The largest absolute Gasteiger partial charge is 0.391 e. The van der Waals surface area contributed by atoms with Gasteiger partial charge in [-0.2, -0.15) is 0 Å². The normalized spacial score (nSPS) is 19.6. The molecule has 2 aromatic heterocycles. The molecule has 2 aromatic rings. The first-order valence-corrected chi connectivity index (χ1v) is 11.1. The van der Waals surface area contributed by atoms with E-state index >= 15 is 0 Å². The molecule has 1 aliphatic heterocycles. The van der Waals surface area contributed by atoms with Gasteiger partial charge in [-0.1, -0.05) is 11.8 Å². The number of aromatic nitrogens is 2. The number of hydrogen-bond donors (Lipinski definition) is 1. The number of hydrogen-bond acceptors (Lipinski definition) is 7. The minimum absolute atomic E-state index is 0.0552. The van der Waals surface area contributed by atoms with Gasteiger partial charge in [0.2, 0.25) is 0 Å². The van der Waals surface area contributed by atoms with Crippen LogP contribution in [-0.4, -0.2) is 64.3 Å². The van der Waals surface area contributed by atoms with E-state index in [1.54, 1.807) is 23.0 Å². The molecule has 0 saturated carbocycles. The minimum Gasteiger partial charge on any atom is -0.391 e. The fourth-order valence-electron chi connectivity index (χ4n) is 3.70. The Morgan fingerprint density at radius 2 is 2.08 bits per heavy atom. The van der Waals surface area contributed by atoms with Crippen LogP contribution in [0.25, 0.3) is 10.2 Å². The third-order valence-electron chi connectivity index (χ3n) is 5.13. The van der Waals surface area contributed by atoms with E-state index in [0.29, 0.717) is 17.5 Å². The number of aliphatic hydroxyl groups excluding tert-OH is 1. The standard InChI is InChI=1S/C18H25N3O3S2/c1-20-17(23)15-13-4-2-3-5-14(13)26-16(15)19-18(20)25-11-12(22)10-21-6-8-24-9-7-21/h12,22H,2-11H2,1H3/t12-/m0/s1. The van der Waals surface area contributed by atoms with Gasteiger partial charge in [-0.25, -0.2) is 4.98 Å². The molecule has 0 amide bonds. The highest BCUT2D eigenvalue weighted by molar-refractivity contribution is 7.99. The maximum Gasteiger partial charge on any atom is 0.262 e. The van der Waals surface area contributed by atoms with Crippen molar-refractivity contribution < 1.29 is 9.84 Å². The van der Waals surface area contributed by atoms with Crippen LogP contribution in [0, 0.1) is 0 Å². The summed E-state index contributed by atoms with van der Waals surface area (Å²) in [4.78, 5) is 22.1. The third-order valence-corrected chi connectivity index (χ3v) is 7.49. The zero-order chi connectivity index (χ0) is 18.1. The second-order valence-corrected chi connectivity index (χ2v) is 9.10. The smallest absolute Gasteiger partial charge is 0.262 e. The van der Waals surface area contributed by atoms with Gasteiger partial charge < -0.3 is 9.84 Å². The van der Waals surface area contributed by atoms with Crippen LogP contribution in [-0.2, 0) is 24.6 Å². The first-order chi connectivity index (χ1) is 12.6. The molecule has 1 saturated heterocycles. The van der Waals surface area contributed by atoms with Gasteiger partial charge in [-0.15, -0.1) is 11.3 Å². The number of ether oxygens (including phenoxy) is 1. The Hall–Kier alpha value is -0.930. The second-order valence-electron chi connectivity index (χ2n) is 7.03. The van der Waals surface area contributed by atoms with Crippen molar-refractivity contribution in [3.8, 4) is 0 Å². The Bertz CT molecular complexity index is 842. The van der Waals surface area contributed by atoms with Crippen molar-refractivity contribution >= 4 is 33.3 Å². The lowest BCUT2D eigenvalue weighted by atomic mass is 9.97. The quantitative estimate of drug-likeness (QED) is 0.613. The van der Waals surface area contributed by atoms with E-state index in [9.17, 15) is 9.90 Å². The van der Waals surface area contributed by atoms with Crippen molar-refractivity contribution in [3.05, 3.63) is 20.8 Å². The molecule has 8 heteroatoms. The number of thioether (sulfide) groups is 1. The molecule has 3 heterocycles. The summed E-state index contributed by atoms with van der Waals surface area (Å²) >= 11 is 3.15. The van der Waals surface area contributed by atoms with E-state index in [-0.39, 0.29) is 5.56 Å². The number of aliphatic hydroxyl groups is 1.